The molecule has 2 heterocycles. The van der Waals surface area contributed by atoms with Crippen LogP contribution in [-0.2, 0) is 0 Å². The van der Waals surface area contributed by atoms with Crippen molar-refractivity contribution in [1.82, 2.24) is 19.9 Å². The molecule has 6 heteroatoms. The number of carbonyl (C=O) groups excluding carboxylic acids is 1. The normalized spacial score (nSPS) is 9.78. The van der Waals surface area contributed by atoms with E-state index in [-0.39, 0.29) is 6.03 Å². The number of nitrogens with one attached hydrogen (secondary N) is 2. The lowest BCUT2D eigenvalue weighted by Gasteiger charge is -2.06. The Kier molecular flexibility index (Phi) is 3.70. The Hall–Kier alpha value is -2.63. The highest BCUT2D eigenvalue weighted by Gasteiger charge is 2.01. The van der Waals surface area contributed by atoms with Gasteiger partial charge in [0, 0.05) is 18.9 Å². The number of carbonyl (C=O) groups is 1. The molecule has 6 nitrogen and oxygen atoms in total. The number of aromatic nitrogens is 3. The lowest BCUT2D eigenvalue weighted by Crippen LogP contribution is -2.28. The predicted molar refractivity (Wildman–Crippen MR) is 68.6 cm³/mol. The lowest BCUT2D eigenvalue weighted by atomic mass is 10.4. The molecule has 0 bridgehead atoms. The minimum atomic E-state index is -0.285. The quantitative estimate of drug-likeness (QED) is 0.801. The topological polar surface area (TPSA) is 71.8 Å². The molecular formula is C12H13N5O. The average Bonchev–Trinajstić information content (AvgIpc) is 2.91. The van der Waals surface area contributed by atoms with Crippen molar-refractivity contribution in [1.29, 1.82) is 0 Å². The highest BCUT2D eigenvalue weighted by Crippen LogP contribution is 2.09. The van der Waals surface area contributed by atoms with Crippen LogP contribution in [0.5, 0.6) is 0 Å². The fourth-order valence-electron chi connectivity index (χ4n) is 1.35. The third-order valence-corrected chi connectivity index (χ3v) is 2.18. The summed E-state index contributed by atoms with van der Waals surface area (Å²) >= 11 is 0. The van der Waals surface area contributed by atoms with Gasteiger partial charge in [-0.25, -0.2) is 14.8 Å². The highest BCUT2D eigenvalue weighted by molar-refractivity contribution is 5.89. The van der Waals surface area contributed by atoms with Gasteiger partial charge in [-0.05, 0) is 12.1 Å². The van der Waals surface area contributed by atoms with Crippen molar-refractivity contribution in [3.05, 3.63) is 49.7 Å². The number of nitrogens with zero attached hydrogens (tertiary/aromatic N) is 3. The van der Waals surface area contributed by atoms with E-state index in [0.29, 0.717) is 12.2 Å². The molecule has 2 amide bonds. The SMILES string of the molecule is C=CCNC(=O)Nc1ccc(-n2ccnc2)nc1. The van der Waals surface area contributed by atoms with E-state index in [9.17, 15) is 4.79 Å². The van der Waals surface area contributed by atoms with Crippen molar-refractivity contribution >= 4 is 11.7 Å². The van der Waals surface area contributed by atoms with Crippen molar-refractivity contribution in [2.45, 2.75) is 0 Å². The van der Waals surface area contributed by atoms with Gasteiger partial charge in [0.15, 0.2) is 0 Å². The average molecular weight is 243 g/mol. The molecule has 0 radical (unpaired) electrons. The molecular weight excluding hydrogens is 230 g/mol. The zero-order valence-electron chi connectivity index (χ0n) is 9.71. The molecule has 0 unspecified atom stereocenters. The fraction of sp³-hybridized carbons (Fsp3) is 0.0833. The minimum absolute atomic E-state index is 0.285. The fourth-order valence-corrected chi connectivity index (χ4v) is 1.35. The third-order valence-electron chi connectivity index (χ3n) is 2.18. The maximum absolute atomic E-state index is 11.4. The van der Waals surface area contributed by atoms with Gasteiger partial charge in [-0.15, -0.1) is 6.58 Å². The molecule has 0 atom stereocenters. The van der Waals surface area contributed by atoms with E-state index >= 15 is 0 Å². The number of anilines is 1. The Labute approximate surface area is 104 Å². The summed E-state index contributed by atoms with van der Waals surface area (Å²) in [7, 11) is 0. The van der Waals surface area contributed by atoms with Gasteiger partial charge in [-0.2, -0.15) is 0 Å². The Bertz CT molecular complexity index is 518. The summed E-state index contributed by atoms with van der Waals surface area (Å²) in [4.78, 5) is 19.5. The number of hydrogen-bond donors (Lipinski definition) is 2. The molecule has 92 valence electrons. The van der Waals surface area contributed by atoms with E-state index in [1.807, 2.05) is 0 Å². The van der Waals surface area contributed by atoms with E-state index in [1.54, 1.807) is 47.7 Å². The first kappa shape index (κ1) is 11.8. The van der Waals surface area contributed by atoms with Gasteiger partial charge in [0.2, 0.25) is 0 Å². The standard InChI is InChI=1S/C12H13N5O/c1-2-5-14-12(18)16-10-3-4-11(15-8-10)17-7-6-13-9-17/h2-4,6-9H,1,5H2,(H2,14,16,18). The summed E-state index contributed by atoms with van der Waals surface area (Å²) in [6.45, 7) is 3.94. The molecule has 0 saturated carbocycles. The summed E-state index contributed by atoms with van der Waals surface area (Å²) in [6, 6.07) is 3.28. The summed E-state index contributed by atoms with van der Waals surface area (Å²) in [5.74, 6) is 0.740. The van der Waals surface area contributed by atoms with Gasteiger partial charge < -0.3 is 10.6 Å². The van der Waals surface area contributed by atoms with E-state index < -0.39 is 0 Å². The van der Waals surface area contributed by atoms with Crippen molar-refractivity contribution in [3.8, 4) is 5.82 Å². The maximum atomic E-state index is 11.4. The van der Waals surface area contributed by atoms with Crippen LogP contribution in [-0.4, -0.2) is 27.1 Å². The molecule has 2 aromatic rings. The van der Waals surface area contributed by atoms with Gasteiger partial charge in [0.25, 0.3) is 0 Å². The van der Waals surface area contributed by atoms with Crippen LogP contribution in [0.4, 0.5) is 10.5 Å². The largest absolute Gasteiger partial charge is 0.334 e. The van der Waals surface area contributed by atoms with E-state index in [0.717, 1.165) is 5.82 Å². The van der Waals surface area contributed by atoms with E-state index in [2.05, 4.69) is 27.2 Å². The predicted octanol–water partition coefficient (Wildman–Crippen LogP) is 1.57. The van der Waals surface area contributed by atoms with Crippen LogP contribution in [0.2, 0.25) is 0 Å². The molecule has 0 fully saturated rings. The monoisotopic (exact) mass is 243 g/mol. The second-order valence-electron chi connectivity index (χ2n) is 3.50. The number of urea groups is 1. The number of hydrogen-bond acceptors (Lipinski definition) is 3. The Morgan fingerprint density at radius 1 is 1.50 bits per heavy atom. The van der Waals surface area contributed by atoms with Crippen LogP contribution in [0, 0.1) is 0 Å². The summed E-state index contributed by atoms with van der Waals surface area (Å²) in [5.41, 5.74) is 0.625. The number of pyridine rings is 1. The second kappa shape index (κ2) is 5.62. The Morgan fingerprint density at radius 3 is 3.00 bits per heavy atom. The Balaban J connectivity index is 2.00. The zero-order valence-corrected chi connectivity index (χ0v) is 9.71. The van der Waals surface area contributed by atoms with Crippen molar-refractivity contribution < 1.29 is 4.79 Å². The van der Waals surface area contributed by atoms with Crippen molar-refractivity contribution in [3.63, 3.8) is 0 Å². The molecule has 0 saturated heterocycles. The van der Waals surface area contributed by atoms with Gasteiger partial charge in [0.05, 0.1) is 11.9 Å². The number of imidazole rings is 1. The van der Waals surface area contributed by atoms with Gasteiger partial charge in [-0.3, -0.25) is 4.57 Å². The molecule has 0 aliphatic heterocycles. The maximum Gasteiger partial charge on any atom is 0.319 e. The smallest absolute Gasteiger partial charge is 0.319 e. The Morgan fingerprint density at radius 2 is 2.39 bits per heavy atom. The lowest BCUT2D eigenvalue weighted by molar-refractivity contribution is 0.253. The third kappa shape index (κ3) is 2.94. The van der Waals surface area contributed by atoms with Crippen LogP contribution >= 0.6 is 0 Å². The molecule has 18 heavy (non-hydrogen) atoms. The van der Waals surface area contributed by atoms with Gasteiger partial charge in [0.1, 0.15) is 12.1 Å². The molecule has 2 N–H and O–H groups in total. The van der Waals surface area contributed by atoms with Crippen molar-refractivity contribution in [2.75, 3.05) is 11.9 Å². The number of amides is 2. The summed E-state index contributed by atoms with van der Waals surface area (Å²) in [5, 5.41) is 5.28. The van der Waals surface area contributed by atoms with Crippen LogP contribution in [0.25, 0.3) is 5.82 Å². The van der Waals surface area contributed by atoms with Crippen LogP contribution in [0.3, 0.4) is 0 Å². The van der Waals surface area contributed by atoms with Gasteiger partial charge in [-0.1, -0.05) is 6.08 Å². The van der Waals surface area contributed by atoms with Crippen LogP contribution < -0.4 is 10.6 Å². The van der Waals surface area contributed by atoms with Crippen molar-refractivity contribution in [2.24, 2.45) is 0 Å². The molecule has 0 aliphatic carbocycles. The molecule has 0 spiro atoms. The van der Waals surface area contributed by atoms with Crippen LogP contribution in [0.1, 0.15) is 0 Å². The van der Waals surface area contributed by atoms with Crippen LogP contribution in [0.15, 0.2) is 49.7 Å². The molecule has 0 aromatic carbocycles. The van der Waals surface area contributed by atoms with Gasteiger partial charge >= 0.3 is 6.03 Å². The first-order chi connectivity index (χ1) is 8.79. The van der Waals surface area contributed by atoms with E-state index in [1.165, 1.54) is 0 Å². The zero-order chi connectivity index (χ0) is 12.8. The summed E-state index contributed by atoms with van der Waals surface area (Å²) in [6.07, 6.45) is 8.33. The van der Waals surface area contributed by atoms with E-state index in [4.69, 9.17) is 0 Å². The first-order valence-electron chi connectivity index (χ1n) is 5.40. The second-order valence-corrected chi connectivity index (χ2v) is 3.50. The highest BCUT2D eigenvalue weighted by atomic mass is 16.2. The minimum Gasteiger partial charge on any atom is -0.334 e. The summed E-state index contributed by atoms with van der Waals surface area (Å²) < 4.78 is 1.78. The molecule has 2 aromatic heterocycles. The first-order valence-corrected chi connectivity index (χ1v) is 5.40. The molecule has 2 rings (SSSR count). The molecule has 0 aliphatic rings. The number of rotatable bonds is 4.